The first kappa shape index (κ1) is 9.38. The van der Waals surface area contributed by atoms with Gasteiger partial charge in [-0.1, -0.05) is 17.7 Å². The Balaban J connectivity index is 2.34. The van der Waals surface area contributed by atoms with Crippen molar-refractivity contribution < 1.29 is 0 Å². The summed E-state index contributed by atoms with van der Waals surface area (Å²) in [5.74, 6) is 1.73. The molecule has 1 aromatic carbocycles. The summed E-state index contributed by atoms with van der Waals surface area (Å²) < 4.78 is 0. The van der Waals surface area contributed by atoms with E-state index in [9.17, 15) is 0 Å². The molecule has 1 aromatic rings. The zero-order chi connectivity index (χ0) is 9.26. The topological polar surface area (TPSA) is 12.0 Å². The summed E-state index contributed by atoms with van der Waals surface area (Å²) in [5.41, 5.74) is 1.34. The monoisotopic (exact) mass is 213 g/mol. The van der Waals surface area contributed by atoms with Crippen molar-refractivity contribution in [3.05, 3.63) is 28.8 Å². The van der Waals surface area contributed by atoms with Gasteiger partial charge in [-0.2, -0.15) is 0 Å². The van der Waals surface area contributed by atoms with Crippen LogP contribution < -0.4 is 5.32 Å². The van der Waals surface area contributed by atoms with Crippen LogP contribution in [0.25, 0.3) is 0 Å². The van der Waals surface area contributed by atoms with Gasteiger partial charge >= 0.3 is 0 Å². The van der Waals surface area contributed by atoms with Gasteiger partial charge in [0.2, 0.25) is 0 Å². The predicted octanol–water partition coefficient (Wildman–Crippen LogP) is 2.75. The molecule has 0 aliphatic carbocycles. The second-order valence-corrected chi connectivity index (χ2v) is 4.69. The average Bonchev–Trinajstić information content (AvgIpc) is 2.51. The highest BCUT2D eigenvalue weighted by atomic mass is 35.5. The number of likely N-dealkylation sites (N-methyl/N-ethyl adjacent to an activating group) is 1. The quantitative estimate of drug-likeness (QED) is 0.811. The molecule has 0 radical (unpaired) electrons. The van der Waals surface area contributed by atoms with E-state index in [0.717, 1.165) is 17.3 Å². The van der Waals surface area contributed by atoms with Crippen LogP contribution in [0.5, 0.6) is 0 Å². The van der Waals surface area contributed by atoms with Crippen LogP contribution in [0.15, 0.2) is 23.1 Å². The lowest BCUT2D eigenvalue weighted by Gasteiger charge is -2.10. The summed E-state index contributed by atoms with van der Waals surface area (Å²) >= 11 is 8.06. The molecule has 0 amide bonds. The smallest absolute Gasteiger partial charge is 0.0452 e. The van der Waals surface area contributed by atoms with Gasteiger partial charge in [0.1, 0.15) is 0 Å². The van der Waals surface area contributed by atoms with E-state index in [2.05, 4.69) is 11.4 Å². The number of benzene rings is 1. The molecule has 70 valence electrons. The van der Waals surface area contributed by atoms with Crippen molar-refractivity contribution in [2.45, 2.75) is 10.8 Å². The van der Waals surface area contributed by atoms with Crippen molar-refractivity contribution >= 4 is 23.4 Å². The lowest BCUT2D eigenvalue weighted by Crippen LogP contribution is -2.17. The molecule has 0 spiro atoms. The maximum Gasteiger partial charge on any atom is 0.0452 e. The van der Waals surface area contributed by atoms with Gasteiger partial charge in [0.05, 0.1) is 0 Å². The molecule has 0 saturated heterocycles. The Morgan fingerprint density at radius 2 is 2.46 bits per heavy atom. The van der Waals surface area contributed by atoms with Crippen molar-refractivity contribution in [3.63, 3.8) is 0 Å². The number of thioether (sulfide) groups is 1. The van der Waals surface area contributed by atoms with Crippen LogP contribution in [-0.2, 0) is 0 Å². The van der Waals surface area contributed by atoms with E-state index < -0.39 is 0 Å². The van der Waals surface area contributed by atoms with E-state index >= 15 is 0 Å². The van der Waals surface area contributed by atoms with Crippen molar-refractivity contribution in [2.24, 2.45) is 0 Å². The molecule has 3 heteroatoms. The van der Waals surface area contributed by atoms with Gasteiger partial charge in [0.25, 0.3) is 0 Å². The number of hydrogen-bond donors (Lipinski definition) is 1. The van der Waals surface area contributed by atoms with Gasteiger partial charge < -0.3 is 5.32 Å². The summed E-state index contributed by atoms with van der Waals surface area (Å²) in [6.45, 7) is 1.02. The van der Waals surface area contributed by atoms with Crippen molar-refractivity contribution in [1.29, 1.82) is 0 Å². The van der Waals surface area contributed by atoms with Crippen molar-refractivity contribution in [3.8, 4) is 0 Å². The normalized spacial score (nSPS) is 20.3. The Bertz CT molecular complexity index is 312. The Morgan fingerprint density at radius 1 is 1.62 bits per heavy atom. The number of hydrogen-bond acceptors (Lipinski definition) is 2. The lowest BCUT2D eigenvalue weighted by atomic mass is 10.0. The number of halogens is 1. The van der Waals surface area contributed by atoms with Crippen LogP contribution in [0.2, 0.25) is 5.02 Å². The fourth-order valence-corrected chi connectivity index (χ4v) is 3.38. The molecule has 0 bridgehead atoms. The minimum Gasteiger partial charge on any atom is -0.319 e. The van der Waals surface area contributed by atoms with Gasteiger partial charge in [0, 0.05) is 28.1 Å². The summed E-state index contributed by atoms with van der Waals surface area (Å²) in [6.07, 6.45) is 0. The molecular formula is C10H12ClNS. The van der Waals surface area contributed by atoms with Crippen LogP contribution in [0, 0.1) is 0 Å². The molecule has 0 fully saturated rings. The molecule has 1 nitrogen and oxygen atoms in total. The molecule has 1 aliphatic rings. The SMILES string of the molecule is CNCC1CSc2cccc(Cl)c21. The first-order valence-corrected chi connectivity index (χ1v) is 5.75. The third kappa shape index (κ3) is 1.71. The van der Waals surface area contributed by atoms with Gasteiger partial charge in [-0.25, -0.2) is 0 Å². The highest BCUT2D eigenvalue weighted by Gasteiger charge is 2.24. The fraction of sp³-hybridized carbons (Fsp3) is 0.400. The first-order valence-electron chi connectivity index (χ1n) is 4.38. The lowest BCUT2D eigenvalue weighted by molar-refractivity contribution is 0.687. The first-order chi connectivity index (χ1) is 6.33. The Morgan fingerprint density at radius 3 is 3.23 bits per heavy atom. The Labute approximate surface area is 87.9 Å². The summed E-state index contributed by atoms with van der Waals surface area (Å²) in [6, 6.07) is 6.16. The van der Waals surface area contributed by atoms with Crippen LogP contribution in [0.3, 0.4) is 0 Å². The average molecular weight is 214 g/mol. The summed E-state index contributed by atoms with van der Waals surface area (Å²) in [4.78, 5) is 1.35. The molecule has 1 N–H and O–H groups in total. The van der Waals surface area contributed by atoms with Gasteiger partial charge in [-0.3, -0.25) is 0 Å². The zero-order valence-electron chi connectivity index (χ0n) is 7.51. The van der Waals surface area contributed by atoms with Crippen LogP contribution in [0.4, 0.5) is 0 Å². The van der Waals surface area contributed by atoms with E-state index in [1.54, 1.807) is 0 Å². The van der Waals surface area contributed by atoms with E-state index in [0.29, 0.717) is 5.92 Å². The van der Waals surface area contributed by atoms with Crippen LogP contribution >= 0.6 is 23.4 Å². The third-order valence-corrected chi connectivity index (χ3v) is 3.88. The molecule has 0 aromatic heterocycles. The van der Waals surface area contributed by atoms with E-state index in [4.69, 9.17) is 11.6 Å². The molecule has 1 heterocycles. The molecule has 1 unspecified atom stereocenters. The van der Waals surface area contributed by atoms with E-state index in [1.807, 2.05) is 30.9 Å². The van der Waals surface area contributed by atoms with E-state index in [-0.39, 0.29) is 0 Å². The van der Waals surface area contributed by atoms with E-state index in [1.165, 1.54) is 10.5 Å². The maximum absolute atomic E-state index is 6.16. The summed E-state index contributed by atoms with van der Waals surface area (Å²) in [5, 5.41) is 4.12. The maximum atomic E-state index is 6.16. The van der Waals surface area contributed by atoms with Crippen molar-refractivity contribution in [1.82, 2.24) is 5.32 Å². The number of nitrogens with one attached hydrogen (secondary N) is 1. The van der Waals surface area contributed by atoms with Crippen LogP contribution in [-0.4, -0.2) is 19.3 Å². The largest absolute Gasteiger partial charge is 0.319 e. The van der Waals surface area contributed by atoms with Gasteiger partial charge in [-0.15, -0.1) is 11.8 Å². The molecule has 13 heavy (non-hydrogen) atoms. The summed E-state index contributed by atoms with van der Waals surface area (Å²) in [7, 11) is 1.99. The Kier molecular flexibility index (Phi) is 2.82. The predicted molar refractivity (Wildman–Crippen MR) is 58.8 cm³/mol. The third-order valence-electron chi connectivity index (χ3n) is 2.31. The minimum atomic E-state index is 0.582. The molecule has 1 aliphatic heterocycles. The highest BCUT2D eigenvalue weighted by Crippen LogP contribution is 2.42. The van der Waals surface area contributed by atoms with Crippen molar-refractivity contribution in [2.75, 3.05) is 19.3 Å². The highest BCUT2D eigenvalue weighted by molar-refractivity contribution is 7.99. The second-order valence-electron chi connectivity index (χ2n) is 3.22. The fourth-order valence-electron chi connectivity index (χ4n) is 1.72. The number of rotatable bonds is 2. The van der Waals surface area contributed by atoms with Gasteiger partial charge in [-0.05, 0) is 24.7 Å². The number of fused-ring (bicyclic) bond motifs is 1. The second kappa shape index (κ2) is 3.91. The molecule has 2 rings (SSSR count). The Hall–Kier alpha value is -0.180. The van der Waals surface area contributed by atoms with Crippen LogP contribution in [0.1, 0.15) is 11.5 Å². The molecule has 1 atom stereocenters. The molecule has 0 saturated carbocycles. The zero-order valence-corrected chi connectivity index (χ0v) is 9.08. The standard InChI is InChI=1S/C10H12ClNS/c1-12-5-7-6-13-9-4-2-3-8(11)10(7)9/h2-4,7,12H,5-6H2,1H3. The molecular weight excluding hydrogens is 202 g/mol. The van der Waals surface area contributed by atoms with Gasteiger partial charge in [0.15, 0.2) is 0 Å². The minimum absolute atomic E-state index is 0.582.